The van der Waals surface area contributed by atoms with Crippen LogP contribution >= 0.6 is 24.8 Å². The summed E-state index contributed by atoms with van der Waals surface area (Å²) in [5, 5.41) is 6.32. The molecule has 1 atom stereocenters. The van der Waals surface area contributed by atoms with Gasteiger partial charge in [-0.3, -0.25) is 4.79 Å². The number of aromatic nitrogens is 2. The fourth-order valence-corrected chi connectivity index (χ4v) is 2.17. The van der Waals surface area contributed by atoms with Crippen LogP contribution in [0.1, 0.15) is 25.0 Å². The zero-order valence-corrected chi connectivity index (χ0v) is 12.5. The molecule has 1 aromatic rings. The maximum atomic E-state index is 11.9. The van der Waals surface area contributed by atoms with Crippen molar-refractivity contribution >= 4 is 30.7 Å². The van der Waals surface area contributed by atoms with E-state index in [0.29, 0.717) is 6.54 Å². The number of carbonyl (C=O) groups excluding carboxylic acids is 1. The highest BCUT2D eigenvalue weighted by Crippen LogP contribution is 2.13. The minimum absolute atomic E-state index is 0. The number of carbonyl (C=O) groups is 1. The van der Waals surface area contributed by atoms with Crippen LogP contribution < -0.4 is 10.6 Å². The molecular weight excluding hydrogens is 287 g/mol. The average molecular weight is 309 g/mol. The van der Waals surface area contributed by atoms with Gasteiger partial charge in [-0.05, 0) is 32.4 Å². The van der Waals surface area contributed by atoms with Crippen LogP contribution in [0.25, 0.3) is 0 Å². The Hall–Kier alpha value is -0.780. The first-order valence-electron chi connectivity index (χ1n) is 6.32. The summed E-state index contributed by atoms with van der Waals surface area (Å²) in [6.07, 6.45) is 7.32. The Balaban J connectivity index is 0.00000162. The molecule has 2 rings (SSSR count). The number of H-pyrrole nitrogens is 1. The Labute approximate surface area is 126 Å². The maximum absolute atomic E-state index is 11.9. The van der Waals surface area contributed by atoms with Crippen LogP contribution in [0.2, 0.25) is 0 Å². The number of nitrogens with one attached hydrogen (secondary N) is 3. The third-order valence-electron chi connectivity index (χ3n) is 3.19. The van der Waals surface area contributed by atoms with Crippen molar-refractivity contribution in [1.29, 1.82) is 0 Å². The lowest BCUT2D eigenvalue weighted by atomic mass is 10.00. The number of hydrogen-bond donors (Lipinski definition) is 3. The molecule has 0 aromatic carbocycles. The highest BCUT2D eigenvalue weighted by molar-refractivity contribution is 5.85. The van der Waals surface area contributed by atoms with Gasteiger partial charge in [0.05, 0.1) is 6.33 Å². The summed E-state index contributed by atoms with van der Waals surface area (Å²) in [7, 11) is 0. The lowest BCUT2D eigenvalue weighted by molar-refractivity contribution is -0.125. The lowest BCUT2D eigenvalue weighted by Gasteiger charge is -2.13. The number of imidazole rings is 1. The summed E-state index contributed by atoms with van der Waals surface area (Å²) in [4.78, 5) is 18.9. The predicted molar refractivity (Wildman–Crippen MR) is 80.0 cm³/mol. The van der Waals surface area contributed by atoms with Crippen molar-refractivity contribution in [2.75, 3.05) is 19.6 Å². The lowest BCUT2D eigenvalue weighted by Crippen LogP contribution is -2.32. The van der Waals surface area contributed by atoms with Crippen LogP contribution in [0, 0.1) is 5.92 Å². The van der Waals surface area contributed by atoms with Gasteiger partial charge in [0.1, 0.15) is 0 Å². The van der Waals surface area contributed by atoms with E-state index >= 15 is 0 Å². The van der Waals surface area contributed by atoms with E-state index < -0.39 is 0 Å². The fourth-order valence-electron chi connectivity index (χ4n) is 2.17. The summed E-state index contributed by atoms with van der Waals surface area (Å²) >= 11 is 0. The SMILES string of the molecule is Cl.Cl.O=C(NCCc1cnc[nH]1)C1CCCNCC1. The molecule has 1 fully saturated rings. The number of hydrogen-bond acceptors (Lipinski definition) is 3. The number of rotatable bonds is 4. The highest BCUT2D eigenvalue weighted by Gasteiger charge is 2.19. The standard InChI is InChI=1S/C12H20N4O.2ClH/c17-12(10-2-1-5-13-6-3-10)15-7-4-11-8-14-9-16-11;;/h8-10,13H,1-7H2,(H,14,16)(H,15,17);2*1H. The van der Waals surface area contributed by atoms with Crippen LogP contribution in [0.4, 0.5) is 0 Å². The summed E-state index contributed by atoms with van der Waals surface area (Å²) in [6.45, 7) is 2.68. The predicted octanol–water partition coefficient (Wildman–Crippen LogP) is 1.30. The van der Waals surface area contributed by atoms with Crippen molar-refractivity contribution in [3.63, 3.8) is 0 Å². The minimum Gasteiger partial charge on any atom is -0.355 e. The smallest absolute Gasteiger partial charge is 0.223 e. The maximum Gasteiger partial charge on any atom is 0.223 e. The van der Waals surface area contributed by atoms with Crippen molar-refractivity contribution < 1.29 is 4.79 Å². The molecule has 1 saturated heterocycles. The van der Waals surface area contributed by atoms with E-state index in [-0.39, 0.29) is 36.6 Å². The van der Waals surface area contributed by atoms with Crippen molar-refractivity contribution in [3.05, 3.63) is 18.2 Å². The van der Waals surface area contributed by atoms with Gasteiger partial charge in [-0.1, -0.05) is 0 Å². The quantitative estimate of drug-likeness (QED) is 0.785. The molecule has 19 heavy (non-hydrogen) atoms. The zero-order valence-electron chi connectivity index (χ0n) is 10.9. The Morgan fingerprint density at radius 2 is 2.21 bits per heavy atom. The number of nitrogens with zero attached hydrogens (tertiary/aromatic N) is 1. The molecular formula is C12H22Cl2N4O. The summed E-state index contributed by atoms with van der Waals surface area (Å²) in [5.74, 6) is 0.389. The van der Waals surface area contributed by atoms with Gasteiger partial charge in [0.15, 0.2) is 0 Å². The largest absolute Gasteiger partial charge is 0.355 e. The molecule has 3 N–H and O–H groups in total. The topological polar surface area (TPSA) is 69.8 Å². The van der Waals surface area contributed by atoms with E-state index in [9.17, 15) is 4.79 Å². The van der Waals surface area contributed by atoms with Crippen LogP contribution in [0.5, 0.6) is 0 Å². The van der Waals surface area contributed by atoms with Crippen molar-refractivity contribution in [2.45, 2.75) is 25.7 Å². The van der Waals surface area contributed by atoms with Gasteiger partial charge in [-0.2, -0.15) is 0 Å². The van der Waals surface area contributed by atoms with Crippen molar-refractivity contribution in [3.8, 4) is 0 Å². The molecule has 1 aromatic heterocycles. The number of halogens is 2. The third-order valence-corrected chi connectivity index (χ3v) is 3.19. The van der Waals surface area contributed by atoms with E-state index in [2.05, 4.69) is 20.6 Å². The van der Waals surface area contributed by atoms with Crippen LogP contribution in [0.3, 0.4) is 0 Å². The third kappa shape index (κ3) is 6.27. The van der Waals surface area contributed by atoms with E-state index in [0.717, 1.165) is 44.5 Å². The second-order valence-electron chi connectivity index (χ2n) is 4.50. The Morgan fingerprint density at radius 1 is 1.37 bits per heavy atom. The summed E-state index contributed by atoms with van der Waals surface area (Å²) in [6, 6.07) is 0. The molecule has 7 heteroatoms. The molecule has 0 aliphatic carbocycles. The number of aromatic amines is 1. The molecule has 0 saturated carbocycles. The fraction of sp³-hybridized carbons (Fsp3) is 0.667. The average Bonchev–Trinajstić information content (AvgIpc) is 2.69. The summed E-state index contributed by atoms with van der Waals surface area (Å²) < 4.78 is 0. The first kappa shape index (κ1) is 18.2. The first-order valence-corrected chi connectivity index (χ1v) is 6.32. The van der Waals surface area contributed by atoms with E-state index in [1.165, 1.54) is 0 Å². The Kier molecular flexibility index (Phi) is 9.65. The van der Waals surface area contributed by atoms with Gasteiger partial charge < -0.3 is 15.6 Å². The monoisotopic (exact) mass is 308 g/mol. The molecule has 110 valence electrons. The van der Waals surface area contributed by atoms with E-state index in [4.69, 9.17) is 0 Å². The van der Waals surface area contributed by atoms with E-state index in [1.54, 1.807) is 12.5 Å². The normalized spacial score (nSPS) is 18.6. The Bertz CT molecular complexity index is 338. The molecule has 1 unspecified atom stereocenters. The van der Waals surface area contributed by atoms with Gasteiger partial charge in [-0.15, -0.1) is 24.8 Å². The van der Waals surface area contributed by atoms with Crippen molar-refractivity contribution in [1.82, 2.24) is 20.6 Å². The first-order chi connectivity index (χ1) is 8.36. The molecule has 1 aliphatic heterocycles. The molecule has 0 bridgehead atoms. The molecule has 5 nitrogen and oxygen atoms in total. The number of amides is 1. The van der Waals surface area contributed by atoms with Crippen LogP contribution in [0.15, 0.2) is 12.5 Å². The molecule has 1 amide bonds. The molecule has 1 aliphatic rings. The van der Waals surface area contributed by atoms with Gasteiger partial charge in [0.25, 0.3) is 0 Å². The second kappa shape index (κ2) is 10.1. The summed E-state index contributed by atoms with van der Waals surface area (Å²) in [5.41, 5.74) is 1.06. The van der Waals surface area contributed by atoms with Gasteiger partial charge in [0.2, 0.25) is 5.91 Å². The van der Waals surface area contributed by atoms with Gasteiger partial charge in [-0.25, -0.2) is 4.98 Å². The van der Waals surface area contributed by atoms with Crippen LogP contribution in [-0.4, -0.2) is 35.5 Å². The second-order valence-corrected chi connectivity index (χ2v) is 4.50. The minimum atomic E-state index is 0. The highest BCUT2D eigenvalue weighted by atomic mass is 35.5. The van der Waals surface area contributed by atoms with E-state index in [1.807, 2.05) is 0 Å². The van der Waals surface area contributed by atoms with Gasteiger partial charge in [0, 0.05) is 30.8 Å². The van der Waals surface area contributed by atoms with Crippen LogP contribution in [-0.2, 0) is 11.2 Å². The van der Waals surface area contributed by atoms with Gasteiger partial charge >= 0.3 is 0 Å². The molecule has 0 radical (unpaired) electrons. The zero-order chi connectivity index (χ0) is 11.9. The molecule has 0 spiro atoms. The molecule has 2 heterocycles. The van der Waals surface area contributed by atoms with Crippen molar-refractivity contribution in [2.24, 2.45) is 5.92 Å². The Morgan fingerprint density at radius 3 is 2.95 bits per heavy atom.